The number of hydrogen-bond acceptors (Lipinski definition) is 14. The van der Waals surface area contributed by atoms with Gasteiger partial charge in [-0.2, -0.15) is 0 Å². The van der Waals surface area contributed by atoms with E-state index in [0.29, 0.717) is 4.90 Å². The van der Waals surface area contributed by atoms with Gasteiger partial charge in [-0.05, 0) is 41.4 Å². The molecule has 0 bridgehead atoms. The van der Waals surface area contributed by atoms with Crippen LogP contribution in [0, 0.1) is 0 Å². The van der Waals surface area contributed by atoms with E-state index in [4.69, 9.17) is 10.6 Å². The summed E-state index contributed by atoms with van der Waals surface area (Å²) < 4.78 is -0.0360. The van der Waals surface area contributed by atoms with Crippen LogP contribution in [0.3, 0.4) is 0 Å². The van der Waals surface area contributed by atoms with Gasteiger partial charge in [0.2, 0.25) is 5.60 Å². The number of β-lactam (4-membered cyclic amide) rings is 1. The highest BCUT2D eigenvalue weighted by Gasteiger charge is 2.55. The lowest BCUT2D eigenvalue weighted by Gasteiger charge is -2.49. The highest BCUT2D eigenvalue weighted by molar-refractivity contribution is 9.10. The van der Waals surface area contributed by atoms with Gasteiger partial charge >= 0.3 is 11.9 Å². The second-order valence-electron chi connectivity index (χ2n) is 10.2. The number of carboxylic acid groups (broad SMARTS) is 2. The van der Waals surface area contributed by atoms with Crippen LogP contribution in [-0.4, -0.2) is 106 Å². The molecule has 4 heterocycles. The summed E-state index contributed by atoms with van der Waals surface area (Å²) in [6.45, 7) is 1.85. The molecule has 1 fully saturated rings. The normalized spacial score (nSPS) is 19.7. The Kier molecular flexibility index (Phi) is 8.00. The molecule has 20 heteroatoms. The number of carboxylic acids is 2. The first-order chi connectivity index (χ1) is 21.0. The van der Waals surface area contributed by atoms with E-state index < -0.39 is 87.6 Å². The van der Waals surface area contributed by atoms with E-state index in [-0.39, 0.29) is 32.2 Å². The van der Waals surface area contributed by atoms with E-state index in [1.807, 2.05) is 0 Å². The van der Waals surface area contributed by atoms with Crippen molar-refractivity contribution < 1.29 is 54.0 Å². The number of fused-ring (bicyclic) bond motifs is 2. The molecule has 4 amide bonds. The van der Waals surface area contributed by atoms with Crippen molar-refractivity contribution in [3.05, 3.63) is 44.0 Å². The number of anilines is 1. The molecule has 236 valence electrons. The van der Waals surface area contributed by atoms with E-state index in [2.05, 4.69) is 31.4 Å². The Morgan fingerprint density at radius 3 is 2.49 bits per heavy atom. The zero-order chi connectivity index (χ0) is 33.1. The molecule has 3 aliphatic heterocycles. The summed E-state index contributed by atoms with van der Waals surface area (Å²) in [6.07, 6.45) is 0. The summed E-state index contributed by atoms with van der Waals surface area (Å²) in [5.74, 6) is -8.07. The van der Waals surface area contributed by atoms with Crippen LogP contribution < -0.4 is 11.1 Å². The summed E-state index contributed by atoms with van der Waals surface area (Å²) in [6, 6.07) is -0.0936. The Morgan fingerprint density at radius 2 is 1.89 bits per heavy atom. The van der Waals surface area contributed by atoms with Crippen LogP contribution >= 0.6 is 39.0 Å². The van der Waals surface area contributed by atoms with Crippen LogP contribution in [0.15, 0.2) is 32.3 Å². The Balaban J connectivity index is 1.38. The molecule has 3 aliphatic rings. The van der Waals surface area contributed by atoms with Crippen LogP contribution in [0.4, 0.5) is 5.13 Å². The number of thioether (sulfide) groups is 1. The second-order valence-corrected chi connectivity index (χ2v) is 13.1. The second kappa shape index (κ2) is 11.3. The summed E-state index contributed by atoms with van der Waals surface area (Å²) in [4.78, 5) is 86.9. The topological polar surface area (TPSA) is 262 Å². The molecule has 0 aliphatic carbocycles. The standard InChI is InChI=1S/C25H21BrN6O11S2/c1-25(2,23(41)42)43-30-12(10-6-45-24(27)28-10)17(35)29-13-20(38)32-14(22(39)40)7(5-44-21(13)32)4-31-18(36)8-3-9(26)15(33)16(34)11(8)19(31)37/h3,6,13,21,33-34H,4-5H2,1-2H3,(H2,27,28)(H,29,35)(H,39,40)(H,41,42)/b30-12-/t13?,21-/m1/s1. The fraction of sp³-hybridized carbons (Fsp3) is 0.280. The monoisotopic (exact) mass is 724 g/mol. The van der Waals surface area contributed by atoms with Crippen LogP contribution in [0.1, 0.15) is 40.3 Å². The van der Waals surface area contributed by atoms with Gasteiger partial charge < -0.3 is 36.3 Å². The van der Waals surface area contributed by atoms with Crippen molar-refractivity contribution >= 4 is 85.4 Å². The number of phenols is 2. The molecule has 17 nitrogen and oxygen atoms in total. The molecule has 0 saturated carbocycles. The van der Waals surface area contributed by atoms with Crippen molar-refractivity contribution in [2.45, 2.75) is 30.9 Å². The number of imide groups is 1. The van der Waals surface area contributed by atoms with E-state index in [9.17, 15) is 49.2 Å². The molecule has 45 heavy (non-hydrogen) atoms. The minimum atomic E-state index is -1.83. The van der Waals surface area contributed by atoms with Crippen LogP contribution in [0.5, 0.6) is 11.5 Å². The number of phenolic OH excluding ortho intramolecular Hbond substituents is 2. The molecule has 1 aromatic carbocycles. The number of carbonyl (C=O) groups excluding carboxylic acids is 4. The Bertz CT molecular complexity index is 1790. The molecule has 0 spiro atoms. The Labute approximate surface area is 268 Å². The number of nitrogens with one attached hydrogen (secondary N) is 1. The molecule has 2 atom stereocenters. The van der Waals surface area contributed by atoms with Crippen molar-refractivity contribution in [2.24, 2.45) is 5.16 Å². The van der Waals surface area contributed by atoms with Crippen molar-refractivity contribution in [2.75, 3.05) is 18.0 Å². The minimum Gasteiger partial charge on any atom is -0.504 e. The lowest BCUT2D eigenvalue weighted by Crippen LogP contribution is -2.71. The summed E-state index contributed by atoms with van der Waals surface area (Å²) >= 11 is 5.00. The molecule has 1 unspecified atom stereocenters. The smallest absolute Gasteiger partial charge is 0.352 e. The highest BCUT2D eigenvalue weighted by atomic mass is 79.9. The molecule has 7 N–H and O–H groups in total. The molecular formula is C25H21BrN6O11S2. The molecule has 2 aromatic rings. The Morgan fingerprint density at radius 1 is 1.20 bits per heavy atom. The van der Waals surface area contributed by atoms with Crippen molar-refractivity contribution in [3.8, 4) is 11.5 Å². The fourth-order valence-electron chi connectivity index (χ4n) is 4.53. The van der Waals surface area contributed by atoms with Gasteiger partial charge in [0, 0.05) is 11.1 Å². The van der Waals surface area contributed by atoms with Crippen molar-refractivity contribution in [3.63, 3.8) is 0 Å². The van der Waals surface area contributed by atoms with Crippen LogP contribution in [-0.2, 0) is 24.0 Å². The van der Waals surface area contributed by atoms with E-state index in [1.54, 1.807) is 0 Å². The third-order valence-corrected chi connectivity index (χ3v) is 9.53. The first kappa shape index (κ1) is 31.7. The van der Waals surface area contributed by atoms with Crippen molar-refractivity contribution in [1.82, 2.24) is 20.1 Å². The molecular weight excluding hydrogens is 704 g/mol. The maximum Gasteiger partial charge on any atom is 0.352 e. The number of nitrogens with two attached hydrogens (primary N) is 1. The number of hydrogen-bond donors (Lipinski definition) is 6. The van der Waals surface area contributed by atoms with Crippen LogP contribution in [0.2, 0.25) is 0 Å². The van der Waals surface area contributed by atoms with Gasteiger partial charge in [0.25, 0.3) is 23.6 Å². The number of nitrogens with zero attached hydrogens (tertiary/aromatic N) is 4. The van der Waals surface area contributed by atoms with Gasteiger partial charge in [-0.3, -0.25) is 29.0 Å². The molecule has 0 radical (unpaired) electrons. The average Bonchev–Trinajstić information content (AvgIpc) is 3.50. The maximum atomic E-state index is 13.3. The van der Waals surface area contributed by atoms with E-state index in [0.717, 1.165) is 34.1 Å². The summed E-state index contributed by atoms with van der Waals surface area (Å²) in [5, 5.41) is 46.2. The predicted molar refractivity (Wildman–Crippen MR) is 158 cm³/mol. The predicted octanol–water partition coefficient (Wildman–Crippen LogP) is 0.518. The molecule has 1 aromatic heterocycles. The summed E-state index contributed by atoms with van der Waals surface area (Å²) in [7, 11) is 0. The number of aromatic hydroxyl groups is 2. The number of nitrogen functional groups attached to an aromatic ring is 1. The fourth-order valence-corrected chi connectivity index (χ4v) is 6.83. The zero-order valence-corrected chi connectivity index (χ0v) is 26.1. The van der Waals surface area contributed by atoms with Crippen LogP contribution in [0.25, 0.3) is 0 Å². The van der Waals surface area contributed by atoms with Gasteiger partial charge in [0.05, 0.1) is 22.1 Å². The number of thiazole rings is 1. The Hall–Kier alpha value is -4.69. The van der Waals surface area contributed by atoms with Gasteiger partial charge in [-0.15, -0.1) is 23.1 Å². The number of rotatable bonds is 9. The van der Waals surface area contributed by atoms with Gasteiger partial charge in [-0.25, -0.2) is 14.6 Å². The van der Waals surface area contributed by atoms with E-state index >= 15 is 0 Å². The quantitative estimate of drug-likeness (QED) is 0.0677. The van der Waals surface area contributed by atoms with Gasteiger partial charge in [0.1, 0.15) is 22.8 Å². The zero-order valence-electron chi connectivity index (χ0n) is 22.9. The first-order valence-electron chi connectivity index (χ1n) is 12.6. The lowest BCUT2D eigenvalue weighted by molar-refractivity contribution is -0.161. The average molecular weight is 726 g/mol. The molecule has 5 rings (SSSR count). The number of halogens is 1. The third kappa shape index (κ3) is 5.33. The number of aromatic nitrogens is 1. The SMILES string of the molecule is CC(C)(O/N=C(\C(=O)NC1C(=O)N2C(C(=O)O)=C(CN3C(=O)c4cc(Br)c(O)c(O)c4C3=O)CS[C@H]12)c1csc(N)n1)C(=O)O. The number of oxime groups is 1. The minimum absolute atomic E-state index is 0.0312. The van der Waals surface area contributed by atoms with E-state index in [1.165, 1.54) is 19.2 Å². The third-order valence-electron chi connectivity index (χ3n) is 6.91. The largest absolute Gasteiger partial charge is 0.504 e. The lowest BCUT2D eigenvalue weighted by atomic mass is 10.0. The van der Waals surface area contributed by atoms with Gasteiger partial charge in [0.15, 0.2) is 22.3 Å². The van der Waals surface area contributed by atoms with Crippen molar-refractivity contribution in [1.29, 1.82) is 0 Å². The number of benzene rings is 1. The number of amides is 4. The highest BCUT2D eigenvalue weighted by Crippen LogP contribution is 2.44. The maximum absolute atomic E-state index is 13.3. The van der Waals surface area contributed by atoms with Gasteiger partial charge in [-0.1, -0.05) is 5.16 Å². The number of aliphatic carboxylic acids is 2. The first-order valence-corrected chi connectivity index (χ1v) is 15.3. The number of carbonyl (C=O) groups is 6. The molecule has 1 saturated heterocycles. The summed E-state index contributed by atoms with van der Waals surface area (Å²) in [5.41, 5.74) is 2.17.